The number of hydrogen-bond acceptors (Lipinski definition) is 7. The van der Waals surface area contributed by atoms with E-state index in [9.17, 15) is 23.4 Å². The van der Waals surface area contributed by atoms with E-state index >= 15 is 0 Å². The maximum Gasteiger partial charge on any atom is 0.417 e. The van der Waals surface area contributed by atoms with Crippen molar-refractivity contribution < 1.29 is 23.4 Å². The highest BCUT2D eigenvalue weighted by Crippen LogP contribution is 2.42. The third kappa shape index (κ3) is 4.39. The Morgan fingerprint density at radius 3 is 2.68 bits per heavy atom. The molecule has 0 bridgehead atoms. The average molecular weight is 550 g/mol. The maximum atomic E-state index is 13.2. The number of H-pyrrole nitrogens is 1. The topological polar surface area (TPSA) is 138 Å². The summed E-state index contributed by atoms with van der Waals surface area (Å²) >= 11 is 5.82. The molecule has 6 N–H and O–H groups in total. The van der Waals surface area contributed by atoms with Crippen LogP contribution in [0.2, 0.25) is 5.02 Å². The Kier molecular flexibility index (Phi) is 6.25. The predicted octanol–water partition coefficient (Wildman–Crippen LogP) is 3.63. The minimum Gasteiger partial charge on any atom is -0.390 e. The van der Waals surface area contributed by atoms with E-state index < -0.39 is 23.9 Å². The number of nitrogens with zero attached hydrogens (tertiary/aromatic N) is 4. The molecule has 3 heterocycles. The Hall–Kier alpha value is -2.93. The van der Waals surface area contributed by atoms with Crippen LogP contribution in [0, 0.1) is 11.8 Å². The van der Waals surface area contributed by atoms with Gasteiger partial charge < -0.3 is 30.8 Å². The van der Waals surface area contributed by atoms with Crippen molar-refractivity contribution in [3.63, 3.8) is 0 Å². The fourth-order valence-electron chi connectivity index (χ4n) is 5.90. The van der Waals surface area contributed by atoms with Crippen LogP contribution in [0.3, 0.4) is 0 Å². The van der Waals surface area contributed by atoms with Gasteiger partial charge in [0.25, 0.3) is 0 Å². The number of nitrogens with two attached hydrogens (primary N) is 1. The molecule has 4 aromatic rings. The van der Waals surface area contributed by atoms with E-state index in [1.807, 2.05) is 16.8 Å². The summed E-state index contributed by atoms with van der Waals surface area (Å²) in [6.45, 7) is 1.29. The third-order valence-electron chi connectivity index (χ3n) is 8.03. The van der Waals surface area contributed by atoms with Gasteiger partial charge in [-0.25, -0.2) is 15.0 Å². The van der Waals surface area contributed by atoms with Crippen LogP contribution in [0.5, 0.6) is 0 Å². The van der Waals surface area contributed by atoms with Crippen LogP contribution in [0.25, 0.3) is 22.1 Å². The lowest BCUT2D eigenvalue weighted by atomic mass is 9.74. The Morgan fingerprint density at radius 2 is 1.92 bits per heavy atom. The number of nitrogen functional groups attached to an aromatic ring is 1. The van der Waals surface area contributed by atoms with Crippen molar-refractivity contribution in [2.45, 2.75) is 49.6 Å². The minimum absolute atomic E-state index is 0.134. The van der Waals surface area contributed by atoms with Crippen molar-refractivity contribution >= 4 is 39.5 Å². The van der Waals surface area contributed by atoms with E-state index in [4.69, 9.17) is 17.3 Å². The summed E-state index contributed by atoms with van der Waals surface area (Å²) in [6.07, 6.45) is -0.845. The summed E-state index contributed by atoms with van der Waals surface area (Å²) in [5, 5.41) is 25.2. The van der Waals surface area contributed by atoms with Crippen molar-refractivity contribution in [3.8, 4) is 0 Å². The minimum atomic E-state index is -4.52. The number of alkyl halides is 3. The van der Waals surface area contributed by atoms with Gasteiger partial charge in [-0.2, -0.15) is 13.2 Å². The lowest BCUT2D eigenvalue weighted by molar-refractivity contribution is -0.137. The molecule has 0 aliphatic heterocycles. The molecule has 0 spiro atoms. The highest BCUT2D eigenvalue weighted by atomic mass is 35.5. The standard InChI is InChI=1S/C25H27ClF3N7O2/c26-16-7-18-17(6-15(16)25(27,28)29)34-23(35-18)12-3-11(4-12)8-31-9-13-5-19(21(38)20(13)37)36-2-1-14-22(30)32-10-33-24(14)36/h1-2,6-7,10-13,19-21,31,37-38H,3-5,8-9H2,(H,34,35)(H2,30,32,33)/t11?,12?,13-,19-,20-,21+/m1/s1. The third-order valence-corrected chi connectivity index (χ3v) is 8.34. The molecule has 13 heteroatoms. The summed E-state index contributed by atoms with van der Waals surface area (Å²) in [4.78, 5) is 15.8. The number of nitrogens with one attached hydrogen (secondary N) is 2. The van der Waals surface area contributed by atoms with Crippen molar-refractivity contribution in [1.82, 2.24) is 29.8 Å². The van der Waals surface area contributed by atoms with E-state index in [1.165, 1.54) is 12.4 Å². The highest BCUT2D eigenvalue weighted by Gasteiger charge is 2.43. The number of aromatic nitrogens is 5. The molecule has 3 aromatic heterocycles. The molecule has 6 rings (SSSR count). The van der Waals surface area contributed by atoms with Gasteiger partial charge in [0.2, 0.25) is 0 Å². The molecule has 0 radical (unpaired) electrons. The van der Waals surface area contributed by atoms with Crippen LogP contribution < -0.4 is 11.1 Å². The fraction of sp³-hybridized carbons (Fsp3) is 0.480. The number of rotatable bonds is 6. The number of imidazole rings is 1. The summed E-state index contributed by atoms with van der Waals surface area (Å²) in [6, 6.07) is 3.76. The predicted molar refractivity (Wildman–Crippen MR) is 136 cm³/mol. The van der Waals surface area contributed by atoms with Gasteiger partial charge in [-0.05, 0) is 49.9 Å². The summed E-state index contributed by atoms with van der Waals surface area (Å²) in [5.41, 5.74) is 6.43. The van der Waals surface area contributed by atoms with Gasteiger partial charge in [0.1, 0.15) is 29.7 Å². The fourth-order valence-corrected chi connectivity index (χ4v) is 6.16. The first-order valence-corrected chi connectivity index (χ1v) is 12.9. The second-order valence-electron chi connectivity index (χ2n) is 10.4. The second-order valence-corrected chi connectivity index (χ2v) is 10.8. The van der Waals surface area contributed by atoms with Gasteiger partial charge in [-0.15, -0.1) is 0 Å². The molecule has 202 valence electrons. The molecule has 1 aromatic carbocycles. The molecular formula is C25H27ClF3N7O2. The normalized spacial score (nSPS) is 27.8. The molecular weight excluding hydrogens is 523 g/mol. The van der Waals surface area contributed by atoms with E-state index in [1.54, 1.807) is 0 Å². The number of hydrogen-bond donors (Lipinski definition) is 5. The molecule has 2 aliphatic rings. The monoisotopic (exact) mass is 549 g/mol. The maximum absolute atomic E-state index is 13.2. The highest BCUT2D eigenvalue weighted by molar-refractivity contribution is 6.32. The van der Waals surface area contributed by atoms with E-state index in [0.29, 0.717) is 52.6 Å². The summed E-state index contributed by atoms with van der Waals surface area (Å²) in [7, 11) is 0. The summed E-state index contributed by atoms with van der Waals surface area (Å²) in [5.74, 6) is 1.44. The molecule has 0 unspecified atom stereocenters. The lowest BCUT2D eigenvalue weighted by Crippen LogP contribution is -2.37. The first kappa shape index (κ1) is 25.4. The zero-order valence-electron chi connectivity index (χ0n) is 20.2. The van der Waals surface area contributed by atoms with E-state index in [-0.39, 0.29) is 22.9 Å². The molecule has 2 aliphatic carbocycles. The first-order valence-electron chi connectivity index (χ1n) is 12.5. The van der Waals surface area contributed by atoms with E-state index in [2.05, 4.69) is 25.3 Å². The zero-order valence-corrected chi connectivity index (χ0v) is 20.9. The van der Waals surface area contributed by atoms with Crippen LogP contribution in [-0.2, 0) is 6.18 Å². The molecule has 9 nitrogen and oxygen atoms in total. The molecule has 0 saturated heterocycles. The number of benzene rings is 1. The van der Waals surface area contributed by atoms with Crippen LogP contribution in [0.15, 0.2) is 30.7 Å². The Balaban J connectivity index is 1.03. The number of aromatic amines is 1. The van der Waals surface area contributed by atoms with Crippen LogP contribution in [-0.4, -0.2) is 60.0 Å². The van der Waals surface area contributed by atoms with Crippen molar-refractivity contribution in [2.24, 2.45) is 11.8 Å². The number of fused-ring (bicyclic) bond motifs is 2. The van der Waals surface area contributed by atoms with Gasteiger partial charge in [0.15, 0.2) is 0 Å². The van der Waals surface area contributed by atoms with Gasteiger partial charge in [0.05, 0.1) is 39.2 Å². The first-order chi connectivity index (χ1) is 18.1. The molecule has 2 fully saturated rings. The van der Waals surface area contributed by atoms with Gasteiger partial charge in [-0.3, -0.25) is 0 Å². The Bertz CT molecular complexity index is 1480. The number of aliphatic hydroxyl groups is 2. The Morgan fingerprint density at radius 1 is 1.13 bits per heavy atom. The molecule has 38 heavy (non-hydrogen) atoms. The molecule has 2 saturated carbocycles. The van der Waals surface area contributed by atoms with Crippen LogP contribution in [0.4, 0.5) is 19.0 Å². The second kappa shape index (κ2) is 9.37. The quantitative estimate of drug-likeness (QED) is 0.247. The number of halogens is 4. The van der Waals surface area contributed by atoms with Crippen LogP contribution >= 0.6 is 11.6 Å². The van der Waals surface area contributed by atoms with Crippen molar-refractivity contribution in [2.75, 3.05) is 18.8 Å². The van der Waals surface area contributed by atoms with Gasteiger partial charge in [0, 0.05) is 24.6 Å². The average Bonchev–Trinajstić information content (AvgIpc) is 3.51. The lowest BCUT2D eigenvalue weighted by Gasteiger charge is -2.34. The van der Waals surface area contributed by atoms with Crippen molar-refractivity contribution in [1.29, 1.82) is 0 Å². The molecule has 0 amide bonds. The number of anilines is 1. The summed E-state index contributed by atoms with van der Waals surface area (Å²) < 4.78 is 41.3. The van der Waals surface area contributed by atoms with Crippen LogP contribution in [0.1, 0.15) is 42.6 Å². The van der Waals surface area contributed by atoms with E-state index in [0.717, 1.165) is 25.5 Å². The Labute approximate surface area is 220 Å². The number of aliphatic hydroxyl groups excluding tert-OH is 2. The molecule has 4 atom stereocenters. The van der Waals surface area contributed by atoms with Gasteiger partial charge in [-0.1, -0.05) is 11.6 Å². The SMILES string of the molecule is Nc1ncnc2c1ccn2[C@@H]1C[C@H](CNCC2CC(c3nc4cc(Cl)c(C(F)(F)F)cc4[nH]3)C2)[C@@H](O)[C@H]1O. The largest absolute Gasteiger partial charge is 0.417 e. The van der Waals surface area contributed by atoms with Crippen molar-refractivity contribution in [3.05, 3.63) is 47.1 Å². The van der Waals surface area contributed by atoms with Gasteiger partial charge >= 0.3 is 6.18 Å². The zero-order chi connectivity index (χ0) is 26.8. The smallest absolute Gasteiger partial charge is 0.390 e.